The minimum absolute atomic E-state index is 0.553. The molecule has 3 N–H and O–H groups in total. The van der Waals surface area contributed by atoms with Crippen LogP contribution in [0.4, 0.5) is 5.82 Å². The third kappa shape index (κ3) is 1.86. The van der Waals surface area contributed by atoms with E-state index in [1.165, 1.54) is 0 Å². The summed E-state index contributed by atoms with van der Waals surface area (Å²) in [5.41, 5.74) is 0.507. The van der Waals surface area contributed by atoms with Crippen molar-refractivity contribution >= 4 is 5.82 Å². The van der Waals surface area contributed by atoms with Gasteiger partial charge in [0.05, 0.1) is 0 Å². The summed E-state index contributed by atoms with van der Waals surface area (Å²) in [6.45, 7) is 3.87. The average molecular weight is 193 g/mol. The number of nitrogens with zero attached hydrogens (tertiary/aromatic N) is 1. The average Bonchev–Trinajstić information content (AvgIpc) is 2.14. The molecule has 0 aromatic carbocycles. The molecule has 1 aliphatic heterocycles. The lowest BCUT2D eigenvalue weighted by molar-refractivity contribution is 0.00305. The van der Waals surface area contributed by atoms with Crippen LogP contribution in [0.15, 0.2) is 18.3 Å². The monoisotopic (exact) mass is 193 g/mol. The molecule has 4 heteroatoms. The molecule has 1 aromatic heterocycles. The lowest BCUT2D eigenvalue weighted by Gasteiger charge is -2.37. The third-order valence-corrected chi connectivity index (χ3v) is 2.50. The number of pyridine rings is 1. The van der Waals surface area contributed by atoms with Gasteiger partial charge in [0.15, 0.2) is 0 Å². The van der Waals surface area contributed by atoms with Gasteiger partial charge in [-0.2, -0.15) is 0 Å². The molecule has 4 nitrogen and oxygen atoms in total. The van der Waals surface area contributed by atoms with Crippen LogP contribution in [0.1, 0.15) is 5.56 Å². The van der Waals surface area contributed by atoms with E-state index < -0.39 is 5.60 Å². The van der Waals surface area contributed by atoms with Crippen molar-refractivity contribution < 1.29 is 5.11 Å². The minimum Gasteiger partial charge on any atom is -0.385 e. The van der Waals surface area contributed by atoms with E-state index in [9.17, 15) is 5.11 Å². The van der Waals surface area contributed by atoms with Gasteiger partial charge in [-0.25, -0.2) is 4.98 Å². The molecule has 76 valence electrons. The van der Waals surface area contributed by atoms with Gasteiger partial charge < -0.3 is 15.7 Å². The number of β-amino-alcohol motifs (C(OH)–C–C–N with tert-alkyl or cyclic N) is 1. The van der Waals surface area contributed by atoms with E-state index in [-0.39, 0.29) is 0 Å². The number of hydrogen-bond acceptors (Lipinski definition) is 4. The molecule has 0 amide bonds. The summed E-state index contributed by atoms with van der Waals surface area (Å²) >= 11 is 0. The van der Waals surface area contributed by atoms with Crippen LogP contribution in [-0.4, -0.2) is 35.3 Å². The van der Waals surface area contributed by atoms with Gasteiger partial charge in [-0.3, -0.25) is 0 Å². The van der Waals surface area contributed by atoms with Crippen LogP contribution < -0.4 is 10.6 Å². The second-order valence-corrected chi connectivity index (χ2v) is 3.85. The maximum atomic E-state index is 9.81. The Hall–Kier alpha value is -1.13. The fourth-order valence-electron chi connectivity index (χ4n) is 1.46. The second-order valence-electron chi connectivity index (χ2n) is 3.85. The van der Waals surface area contributed by atoms with Crippen LogP contribution in [0.2, 0.25) is 0 Å². The predicted octanol–water partition coefficient (Wildman–Crippen LogP) is 0.136. The molecule has 0 radical (unpaired) electrons. The number of hydrogen-bond donors (Lipinski definition) is 3. The molecule has 1 aromatic rings. The summed E-state index contributed by atoms with van der Waals surface area (Å²) in [7, 11) is 0. The molecular formula is C10H15N3O. The highest BCUT2D eigenvalue weighted by Gasteiger charge is 2.33. The van der Waals surface area contributed by atoms with Crippen molar-refractivity contribution in [2.45, 2.75) is 12.5 Å². The van der Waals surface area contributed by atoms with Crippen molar-refractivity contribution in [1.82, 2.24) is 10.3 Å². The van der Waals surface area contributed by atoms with Crippen molar-refractivity contribution in [1.29, 1.82) is 0 Å². The van der Waals surface area contributed by atoms with Crippen molar-refractivity contribution in [2.75, 3.05) is 25.0 Å². The number of rotatable bonds is 3. The number of nitrogens with one attached hydrogen (secondary N) is 2. The molecule has 2 rings (SSSR count). The zero-order chi connectivity index (χ0) is 10.0. The fourth-order valence-corrected chi connectivity index (χ4v) is 1.46. The fraction of sp³-hybridized carbons (Fsp3) is 0.500. The largest absolute Gasteiger partial charge is 0.385 e. The first kappa shape index (κ1) is 9.43. The molecule has 2 heterocycles. The highest BCUT2D eigenvalue weighted by Crippen LogP contribution is 2.14. The zero-order valence-corrected chi connectivity index (χ0v) is 8.25. The predicted molar refractivity (Wildman–Crippen MR) is 55.3 cm³/mol. The standard InChI is InChI=1S/C10H15N3O/c1-8-3-2-4-12-9(8)13-7-10(14)5-11-6-10/h2-4,11,14H,5-7H2,1H3,(H,12,13). The van der Waals surface area contributed by atoms with Crippen molar-refractivity contribution in [3.05, 3.63) is 23.9 Å². The van der Waals surface area contributed by atoms with Crippen molar-refractivity contribution in [2.24, 2.45) is 0 Å². The van der Waals surface area contributed by atoms with Crippen LogP contribution in [0, 0.1) is 6.92 Å². The van der Waals surface area contributed by atoms with Crippen LogP contribution >= 0.6 is 0 Å². The first-order chi connectivity index (χ1) is 6.70. The summed E-state index contributed by atoms with van der Waals surface area (Å²) in [4.78, 5) is 4.20. The molecule has 14 heavy (non-hydrogen) atoms. The highest BCUT2D eigenvalue weighted by molar-refractivity contribution is 5.43. The van der Waals surface area contributed by atoms with Crippen molar-refractivity contribution in [3.8, 4) is 0 Å². The Morgan fingerprint density at radius 1 is 1.64 bits per heavy atom. The molecule has 0 saturated carbocycles. The normalized spacial score (nSPS) is 18.7. The first-order valence-electron chi connectivity index (χ1n) is 4.78. The van der Waals surface area contributed by atoms with Gasteiger partial charge in [-0.1, -0.05) is 6.07 Å². The van der Waals surface area contributed by atoms with Gasteiger partial charge >= 0.3 is 0 Å². The molecule has 1 saturated heterocycles. The van der Waals surface area contributed by atoms with Gasteiger partial charge in [-0.15, -0.1) is 0 Å². The van der Waals surface area contributed by atoms with E-state index in [4.69, 9.17) is 0 Å². The Bertz CT molecular complexity index is 323. The van der Waals surface area contributed by atoms with Gasteiger partial charge in [0.1, 0.15) is 11.4 Å². The topological polar surface area (TPSA) is 57.2 Å². The second kappa shape index (κ2) is 3.55. The van der Waals surface area contributed by atoms with Gasteiger partial charge in [0.25, 0.3) is 0 Å². The summed E-state index contributed by atoms with van der Waals surface area (Å²) in [5.74, 6) is 0.854. The third-order valence-electron chi connectivity index (χ3n) is 2.50. The first-order valence-corrected chi connectivity index (χ1v) is 4.78. The molecule has 0 atom stereocenters. The summed E-state index contributed by atoms with van der Waals surface area (Å²) in [6, 6.07) is 3.90. The highest BCUT2D eigenvalue weighted by atomic mass is 16.3. The summed E-state index contributed by atoms with van der Waals surface area (Å²) < 4.78 is 0. The Morgan fingerprint density at radius 2 is 2.43 bits per heavy atom. The van der Waals surface area contributed by atoms with E-state index >= 15 is 0 Å². The Morgan fingerprint density at radius 3 is 3.00 bits per heavy atom. The van der Waals surface area contributed by atoms with Crippen LogP contribution in [0.3, 0.4) is 0 Å². The minimum atomic E-state index is -0.593. The molecule has 0 bridgehead atoms. The molecule has 1 fully saturated rings. The van der Waals surface area contributed by atoms with Gasteiger partial charge in [0.2, 0.25) is 0 Å². The molecule has 0 aliphatic carbocycles. The smallest absolute Gasteiger partial charge is 0.128 e. The van der Waals surface area contributed by atoms with E-state index in [0.29, 0.717) is 19.6 Å². The summed E-state index contributed by atoms with van der Waals surface area (Å²) in [5, 5.41) is 16.0. The van der Waals surface area contributed by atoms with Crippen LogP contribution in [0.25, 0.3) is 0 Å². The molecular weight excluding hydrogens is 178 g/mol. The van der Waals surface area contributed by atoms with Gasteiger partial charge in [-0.05, 0) is 18.6 Å². The Kier molecular flexibility index (Phi) is 2.39. The van der Waals surface area contributed by atoms with E-state index in [1.807, 2.05) is 19.1 Å². The number of aromatic nitrogens is 1. The Labute approximate surface area is 83.4 Å². The SMILES string of the molecule is Cc1cccnc1NCC1(O)CNC1. The molecule has 0 unspecified atom stereocenters. The van der Waals surface area contributed by atoms with E-state index in [1.54, 1.807) is 6.20 Å². The van der Waals surface area contributed by atoms with E-state index in [0.717, 1.165) is 11.4 Å². The van der Waals surface area contributed by atoms with Crippen LogP contribution in [0.5, 0.6) is 0 Å². The summed E-state index contributed by atoms with van der Waals surface area (Å²) in [6.07, 6.45) is 1.75. The van der Waals surface area contributed by atoms with Crippen molar-refractivity contribution in [3.63, 3.8) is 0 Å². The number of aliphatic hydroxyl groups is 1. The molecule has 0 spiro atoms. The van der Waals surface area contributed by atoms with E-state index in [2.05, 4.69) is 15.6 Å². The maximum Gasteiger partial charge on any atom is 0.128 e. The number of anilines is 1. The van der Waals surface area contributed by atoms with Gasteiger partial charge in [0, 0.05) is 25.8 Å². The lowest BCUT2D eigenvalue weighted by atomic mass is 9.97. The number of aryl methyl sites for hydroxylation is 1. The Balaban J connectivity index is 1.95. The quantitative estimate of drug-likeness (QED) is 0.639. The maximum absolute atomic E-state index is 9.81. The molecule has 1 aliphatic rings. The zero-order valence-electron chi connectivity index (χ0n) is 8.25. The lowest BCUT2D eigenvalue weighted by Crippen LogP contribution is -2.63. The van der Waals surface area contributed by atoms with Crippen LogP contribution in [-0.2, 0) is 0 Å².